The Morgan fingerprint density at radius 3 is 2.64 bits per heavy atom. The number of hydrogen-bond donors (Lipinski definition) is 1. The van der Waals surface area contributed by atoms with Crippen LogP contribution in [0.2, 0.25) is 0 Å². The maximum atomic E-state index is 10.9. The van der Waals surface area contributed by atoms with E-state index < -0.39 is 13.8 Å². The van der Waals surface area contributed by atoms with Crippen molar-refractivity contribution >= 4 is 13.8 Å². The van der Waals surface area contributed by atoms with Crippen LogP contribution in [0.5, 0.6) is 0 Å². The summed E-state index contributed by atoms with van der Waals surface area (Å²) in [5.74, 6) is -0.613. The van der Waals surface area contributed by atoms with Crippen molar-refractivity contribution in [2.45, 2.75) is 6.92 Å². The molecule has 0 radical (unpaired) electrons. The Balaban J connectivity index is 3.58. The molecule has 1 N–H and O–H groups in total. The lowest BCUT2D eigenvalue weighted by Gasteiger charge is -2.10. The van der Waals surface area contributed by atoms with E-state index in [2.05, 4.69) is 20.4 Å². The average molecular weight is 224 g/mol. The minimum atomic E-state index is -3.98. The van der Waals surface area contributed by atoms with Gasteiger partial charge in [-0.15, -0.1) is 0 Å². The highest BCUT2D eigenvalue weighted by Gasteiger charge is 2.19. The van der Waals surface area contributed by atoms with Gasteiger partial charge in [0.05, 0.1) is 13.2 Å². The van der Waals surface area contributed by atoms with Crippen molar-refractivity contribution in [2.75, 3.05) is 19.8 Å². The van der Waals surface area contributed by atoms with E-state index in [1.165, 1.54) is 0 Å². The second-order valence-corrected chi connectivity index (χ2v) is 3.54. The fraction of sp³-hybridized carbons (Fsp3) is 0.571. The molecule has 0 fully saturated rings. The van der Waals surface area contributed by atoms with Gasteiger partial charge in [-0.05, 0) is 6.92 Å². The molecule has 6 nitrogen and oxygen atoms in total. The summed E-state index contributed by atoms with van der Waals surface area (Å²) in [6.45, 7) is 4.48. The van der Waals surface area contributed by atoms with Gasteiger partial charge in [-0.3, -0.25) is 9.05 Å². The molecule has 0 aliphatic carbocycles. The molecule has 0 saturated heterocycles. The van der Waals surface area contributed by atoms with Crippen molar-refractivity contribution in [1.29, 1.82) is 0 Å². The van der Waals surface area contributed by atoms with Crippen molar-refractivity contribution in [1.82, 2.24) is 0 Å². The molecule has 1 unspecified atom stereocenters. The summed E-state index contributed by atoms with van der Waals surface area (Å²) in [6, 6.07) is 0. The number of rotatable bonds is 7. The Kier molecular flexibility index (Phi) is 6.40. The summed E-state index contributed by atoms with van der Waals surface area (Å²) in [7, 11) is -3.98. The lowest BCUT2D eigenvalue weighted by molar-refractivity contribution is -0.138. The van der Waals surface area contributed by atoms with E-state index in [4.69, 9.17) is 4.89 Å². The summed E-state index contributed by atoms with van der Waals surface area (Å²) < 4.78 is 24.2. The molecule has 0 aromatic carbocycles. The Labute approximate surface area is 82.1 Å². The van der Waals surface area contributed by atoms with E-state index in [0.29, 0.717) is 0 Å². The van der Waals surface area contributed by atoms with Gasteiger partial charge in [0, 0.05) is 6.08 Å². The van der Waals surface area contributed by atoms with E-state index in [1.807, 2.05) is 0 Å². The van der Waals surface area contributed by atoms with Crippen LogP contribution in [0.25, 0.3) is 0 Å². The number of phosphoric acid groups is 1. The van der Waals surface area contributed by atoms with Gasteiger partial charge in [0.1, 0.15) is 6.61 Å². The molecule has 82 valence electrons. The van der Waals surface area contributed by atoms with Gasteiger partial charge in [-0.1, -0.05) is 6.58 Å². The zero-order valence-corrected chi connectivity index (χ0v) is 8.74. The van der Waals surface area contributed by atoms with Crippen LogP contribution < -0.4 is 0 Å². The largest absolute Gasteiger partial charge is 0.472 e. The molecule has 0 rings (SSSR count). The zero-order valence-electron chi connectivity index (χ0n) is 7.84. The molecule has 0 aliphatic heterocycles. The maximum absolute atomic E-state index is 10.9. The molecule has 1 atom stereocenters. The number of carbonyl (C=O) groups is 1. The van der Waals surface area contributed by atoms with E-state index >= 15 is 0 Å². The van der Waals surface area contributed by atoms with Crippen molar-refractivity contribution < 1.29 is 28.0 Å². The molecule has 0 heterocycles. The van der Waals surface area contributed by atoms with Gasteiger partial charge < -0.3 is 9.63 Å². The first-order chi connectivity index (χ1) is 6.52. The Hall–Kier alpha value is -0.680. The van der Waals surface area contributed by atoms with Gasteiger partial charge in [-0.2, -0.15) is 0 Å². The number of phosphoric ester groups is 1. The van der Waals surface area contributed by atoms with Gasteiger partial charge in [0.2, 0.25) is 0 Å². The molecule has 0 amide bonds. The predicted octanol–water partition coefficient (Wildman–Crippen LogP) is 0.869. The third-order valence-electron chi connectivity index (χ3n) is 1.04. The Bertz CT molecular complexity index is 238. The highest BCUT2D eigenvalue weighted by Crippen LogP contribution is 2.42. The third-order valence-corrected chi connectivity index (χ3v) is 2.13. The first kappa shape index (κ1) is 13.3. The number of hydrogen-bond acceptors (Lipinski definition) is 5. The molecule has 0 spiro atoms. The van der Waals surface area contributed by atoms with Crippen molar-refractivity contribution in [3.05, 3.63) is 12.7 Å². The van der Waals surface area contributed by atoms with Crippen LogP contribution in [-0.4, -0.2) is 30.7 Å². The molecule has 0 aromatic rings. The summed E-state index contributed by atoms with van der Waals surface area (Å²) in [5.41, 5.74) is 0. The fourth-order valence-electron chi connectivity index (χ4n) is 0.554. The molecule has 7 heteroatoms. The van der Waals surface area contributed by atoms with E-state index in [-0.39, 0.29) is 19.8 Å². The minimum absolute atomic E-state index is 0.0697. The van der Waals surface area contributed by atoms with E-state index in [9.17, 15) is 9.36 Å². The monoisotopic (exact) mass is 224 g/mol. The van der Waals surface area contributed by atoms with Crippen molar-refractivity contribution in [2.24, 2.45) is 0 Å². The maximum Gasteiger partial charge on any atom is 0.472 e. The summed E-state index contributed by atoms with van der Waals surface area (Å²) in [6.07, 6.45) is 0.987. The molecular formula is C7H13O6P. The molecular weight excluding hydrogens is 211 g/mol. The number of esters is 1. The Morgan fingerprint density at radius 1 is 1.50 bits per heavy atom. The van der Waals surface area contributed by atoms with Crippen LogP contribution in [0.4, 0.5) is 0 Å². The van der Waals surface area contributed by atoms with Crippen LogP contribution in [0.3, 0.4) is 0 Å². The summed E-state index contributed by atoms with van der Waals surface area (Å²) in [4.78, 5) is 19.4. The van der Waals surface area contributed by atoms with Gasteiger partial charge >= 0.3 is 13.8 Å². The van der Waals surface area contributed by atoms with Gasteiger partial charge in [0.15, 0.2) is 0 Å². The Morgan fingerprint density at radius 2 is 2.14 bits per heavy atom. The van der Waals surface area contributed by atoms with E-state index in [1.54, 1.807) is 6.92 Å². The van der Waals surface area contributed by atoms with Crippen LogP contribution >= 0.6 is 7.82 Å². The van der Waals surface area contributed by atoms with Crippen LogP contribution in [0.1, 0.15) is 6.92 Å². The van der Waals surface area contributed by atoms with Gasteiger partial charge in [-0.25, -0.2) is 9.36 Å². The molecule has 0 bridgehead atoms. The van der Waals surface area contributed by atoms with Crippen molar-refractivity contribution in [3.8, 4) is 0 Å². The van der Waals surface area contributed by atoms with Crippen molar-refractivity contribution in [3.63, 3.8) is 0 Å². The van der Waals surface area contributed by atoms with Crippen LogP contribution in [-0.2, 0) is 23.1 Å². The third kappa shape index (κ3) is 6.80. The molecule has 0 aromatic heterocycles. The smallest absolute Gasteiger partial charge is 0.460 e. The van der Waals surface area contributed by atoms with E-state index in [0.717, 1.165) is 6.08 Å². The lowest BCUT2D eigenvalue weighted by atomic mass is 10.6. The topological polar surface area (TPSA) is 82.1 Å². The molecule has 0 saturated carbocycles. The number of ether oxygens (including phenoxy) is 1. The fourth-order valence-corrected chi connectivity index (χ4v) is 1.26. The second kappa shape index (κ2) is 6.73. The van der Waals surface area contributed by atoms with Crippen LogP contribution in [0.15, 0.2) is 12.7 Å². The predicted molar refractivity (Wildman–Crippen MR) is 48.6 cm³/mol. The van der Waals surface area contributed by atoms with Gasteiger partial charge in [0.25, 0.3) is 0 Å². The lowest BCUT2D eigenvalue weighted by Crippen LogP contribution is -2.08. The highest BCUT2D eigenvalue weighted by atomic mass is 31.2. The summed E-state index contributed by atoms with van der Waals surface area (Å²) in [5, 5.41) is 0. The van der Waals surface area contributed by atoms with Crippen LogP contribution in [0, 0.1) is 0 Å². The minimum Gasteiger partial charge on any atom is -0.460 e. The standard InChI is InChI=1S/C7H13O6P/c1-3-7(8)11-5-6-13-14(9,10)12-4-2/h3H,1,4-6H2,2H3,(H,9,10). The second-order valence-electron chi connectivity index (χ2n) is 2.09. The number of carbonyl (C=O) groups excluding carboxylic acids is 1. The molecule has 14 heavy (non-hydrogen) atoms. The average Bonchev–Trinajstić information content (AvgIpc) is 2.12. The first-order valence-electron chi connectivity index (χ1n) is 3.93. The quantitative estimate of drug-likeness (QED) is 0.299. The zero-order chi connectivity index (χ0) is 11.0. The SMILES string of the molecule is C=CC(=O)OCCOP(=O)(O)OCC. The highest BCUT2D eigenvalue weighted by molar-refractivity contribution is 7.47. The summed E-state index contributed by atoms with van der Waals surface area (Å²) >= 11 is 0. The normalized spacial score (nSPS) is 14.4. The molecule has 0 aliphatic rings. The first-order valence-corrected chi connectivity index (χ1v) is 5.42.